The number of nitrogen functional groups attached to an aromatic ring is 1. The molecule has 0 atom stereocenters. The highest BCUT2D eigenvalue weighted by Crippen LogP contribution is 2.21. The zero-order valence-corrected chi connectivity index (χ0v) is 10.2. The van der Waals surface area contributed by atoms with Crippen LogP contribution >= 0.6 is 38.5 Å². The van der Waals surface area contributed by atoms with E-state index in [2.05, 4.69) is 48.5 Å². The van der Waals surface area contributed by atoms with Crippen LogP contribution in [0.1, 0.15) is 0 Å². The number of nitrogens with two attached hydrogens (primary N) is 1. The first kappa shape index (κ1) is 9.14. The van der Waals surface area contributed by atoms with Crippen molar-refractivity contribution in [2.24, 2.45) is 0 Å². The Bertz CT molecular complexity index is 467. The SMILES string of the molecule is Nc1nc(I)c2ccc(Br)cc2n1. The van der Waals surface area contributed by atoms with Crippen LogP contribution in [-0.2, 0) is 0 Å². The zero-order chi connectivity index (χ0) is 9.42. The molecule has 0 amide bonds. The lowest BCUT2D eigenvalue weighted by Gasteiger charge is -2.00. The Morgan fingerprint density at radius 1 is 1.31 bits per heavy atom. The lowest BCUT2D eigenvalue weighted by Crippen LogP contribution is -1.97. The molecule has 1 aromatic carbocycles. The van der Waals surface area contributed by atoms with Gasteiger partial charge < -0.3 is 5.73 Å². The van der Waals surface area contributed by atoms with E-state index >= 15 is 0 Å². The van der Waals surface area contributed by atoms with E-state index in [0.29, 0.717) is 5.95 Å². The molecule has 0 aliphatic heterocycles. The molecule has 0 spiro atoms. The maximum absolute atomic E-state index is 5.53. The minimum atomic E-state index is 0.315. The van der Waals surface area contributed by atoms with Crippen molar-refractivity contribution in [3.8, 4) is 0 Å². The van der Waals surface area contributed by atoms with Crippen molar-refractivity contribution in [1.29, 1.82) is 0 Å². The topological polar surface area (TPSA) is 51.8 Å². The number of fused-ring (bicyclic) bond motifs is 1. The fourth-order valence-corrected chi connectivity index (χ4v) is 2.13. The van der Waals surface area contributed by atoms with Gasteiger partial charge in [-0.25, -0.2) is 9.97 Å². The van der Waals surface area contributed by atoms with Crippen molar-refractivity contribution >= 4 is 55.4 Å². The van der Waals surface area contributed by atoms with Gasteiger partial charge in [-0.05, 0) is 40.8 Å². The Hall–Kier alpha value is -0.430. The molecule has 2 aromatic rings. The number of hydrogen-bond donors (Lipinski definition) is 1. The molecule has 0 saturated heterocycles. The summed E-state index contributed by atoms with van der Waals surface area (Å²) in [5, 5.41) is 1.03. The van der Waals surface area contributed by atoms with Gasteiger partial charge >= 0.3 is 0 Å². The van der Waals surface area contributed by atoms with Crippen LogP contribution in [0.25, 0.3) is 10.9 Å². The predicted octanol–water partition coefficient (Wildman–Crippen LogP) is 2.58. The molecule has 0 saturated carbocycles. The van der Waals surface area contributed by atoms with Crippen molar-refractivity contribution in [2.75, 3.05) is 5.73 Å². The van der Waals surface area contributed by atoms with Crippen molar-refractivity contribution in [2.45, 2.75) is 0 Å². The van der Waals surface area contributed by atoms with Gasteiger partial charge in [-0.15, -0.1) is 0 Å². The molecule has 0 aliphatic carbocycles. The molecule has 2 rings (SSSR count). The molecular weight excluding hydrogens is 345 g/mol. The van der Waals surface area contributed by atoms with Gasteiger partial charge in [0.15, 0.2) is 0 Å². The number of rotatable bonds is 0. The van der Waals surface area contributed by atoms with E-state index in [1.165, 1.54) is 0 Å². The number of hydrogen-bond acceptors (Lipinski definition) is 3. The Morgan fingerprint density at radius 2 is 2.08 bits per heavy atom. The normalized spacial score (nSPS) is 10.6. The third-order valence-corrected chi connectivity index (χ3v) is 2.95. The van der Waals surface area contributed by atoms with Crippen LogP contribution in [0, 0.1) is 3.70 Å². The Kier molecular flexibility index (Phi) is 2.37. The highest BCUT2D eigenvalue weighted by atomic mass is 127. The summed E-state index contributed by atoms with van der Waals surface area (Å²) >= 11 is 5.53. The van der Waals surface area contributed by atoms with E-state index in [1.807, 2.05) is 18.2 Å². The van der Waals surface area contributed by atoms with Gasteiger partial charge in [0.2, 0.25) is 5.95 Å². The lowest BCUT2D eigenvalue weighted by atomic mass is 10.2. The van der Waals surface area contributed by atoms with Crippen LogP contribution in [-0.4, -0.2) is 9.97 Å². The maximum Gasteiger partial charge on any atom is 0.221 e. The molecule has 0 fully saturated rings. The Labute approximate surface area is 97.0 Å². The van der Waals surface area contributed by atoms with Gasteiger partial charge in [-0.1, -0.05) is 15.9 Å². The monoisotopic (exact) mass is 349 g/mol. The first-order valence-electron chi connectivity index (χ1n) is 3.55. The van der Waals surface area contributed by atoms with Crippen LogP contribution in [0.5, 0.6) is 0 Å². The van der Waals surface area contributed by atoms with E-state index < -0.39 is 0 Å². The van der Waals surface area contributed by atoms with Crippen LogP contribution in [0.3, 0.4) is 0 Å². The van der Waals surface area contributed by atoms with Gasteiger partial charge in [0.05, 0.1) is 5.52 Å². The summed E-state index contributed by atoms with van der Waals surface area (Å²) in [5.41, 5.74) is 6.40. The van der Waals surface area contributed by atoms with Gasteiger partial charge in [-0.3, -0.25) is 0 Å². The first-order valence-corrected chi connectivity index (χ1v) is 5.42. The molecule has 0 unspecified atom stereocenters. The minimum absolute atomic E-state index is 0.315. The van der Waals surface area contributed by atoms with E-state index in [-0.39, 0.29) is 0 Å². The Morgan fingerprint density at radius 3 is 2.85 bits per heavy atom. The number of benzene rings is 1. The lowest BCUT2D eigenvalue weighted by molar-refractivity contribution is 1.21. The standard InChI is InChI=1S/C8H5BrIN3/c9-4-1-2-5-6(3-4)12-8(11)13-7(5)10/h1-3H,(H2,11,12,13). The van der Waals surface area contributed by atoms with E-state index in [1.54, 1.807) is 0 Å². The smallest absolute Gasteiger partial charge is 0.221 e. The van der Waals surface area contributed by atoms with Gasteiger partial charge in [0.1, 0.15) is 3.70 Å². The van der Waals surface area contributed by atoms with Crippen LogP contribution in [0.4, 0.5) is 5.95 Å². The molecule has 1 aromatic heterocycles. The van der Waals surface area contributed by atoms with Crippen LogP contribution in [0.2, 0.25) is 0 Å². The minimum Gasteiger partial charge on any atom is -0.368 e. The summed E-state index contributed by atoms with van der Waals surface area (Å²) in [4.78, 5) is 8.20. The molecule has 1 heterocycles. The highest BCUT2D eigenvalue weighted by Gasteiger charge is 2.02. The van der Waals surface area contributed by atoms with Gasteiger partial charge in [0.25, 0.3) is 0 Å². The van der Waals surface area contributed by atoms with E-state index in [0.717, 1.165) is 19.1 Å². The third-order valence-electron chi connectivity index (χ3n) is 1.63. The van der Waals surface area contributed by atoms with Crippen molar-refractivity contribution in [1.82, 2.24) is 9.97 Å². The maximum atomic E-state index is 5.53. The summed E-state index contributed by atoms with van der Waals surface area (Å²) in [7, 11) is 0. The second-order valence-corrected chi connectivity index (χ2v) is 4.47. The summed E-state index contributed by atoms with van der Waals surface area (Å²) in [6.07, 6.45) is 0. The Balaban J connectivity index is 2.86. The largest absolute Gasteiger partial charge is 0.368 e. The molecule has 0 bridgehead atoms. The quantitative estimate of drug-likeness (QED) is 0.587. The van der Waals surface area contributed by atoms with Crippen molar-refractivity contribution in [3.63, 3.8) is 0 Å². The van der Waals surface area contributed by atoms with E-state index in [4.69, 9.17) is 5.73 Å². The molecule has 5 heteroatoms. The summed E-state index contributed by atoms with van der Waals surface area (Å²) in [5.74, 6) is 0.315. The fraction of sp³-hybridized carbons (Fsp3) is 0. The van der Waals surface area contributed by atoms with Gasteiger partial charge in [0, 0.05) is 9.86 Å². The molecule has 0 radical (unpaired) electrons. The second-order valence-electron chi connectivity index (χ2n) is 2.53. The summed E-state index contributed by atoms with van der Waals surface area (Å²) in [6.45, 7) is 0. The summed E-state index contributed by atoms with van der Waals surface area (Å²) < 4.78 is 1.88. The molecule has 3 nitrogen and oxygen atoms in total. The molecule has 66 valence electrons. The average molecular weight is 350 g/mol. The highest BCUT2D eigenvalue weighted by molar-refractivity contribution is 14.1. The summed E-state index contributed by atoms with van der Waals surface area (Å²) in [6, 6.07) is 5.86. The average Bonchev–Trinajstić information content (AvgIpc) is 2.02. The number of anilines is 1. The third kappa shape index (κ3) is 1.76. The predicted molar refractivity (Wildman–Crippen MR) is 64.4 cm³/mol. The fourth-order valence-electron chi connectivity index (χ4n) is 1.08. The van der Waals surface area contributed by atoms with Crippen molar-refractivity contribution < 1.29 is 0 Å². The van der Waals surface area contributed by atoms with Crippen LogP contribution < -0.4 is 5.73 Å². The zero-order valence-electron chi connectivity index (χ0n) is 6.46. The number of nitrogens with zero attached hydrogens (tertiary/aromatic N) is 2. The number of aromatic nitrogens is 2. The molecule has 0 aliphatic rings. The first-order chi connectivity index (χ1) is 6.16. The van der Waals surface area contributed by atoms with Crippen molar-refractivity contribution in [3.05, 3.63) is 26.4 Å². The molecular formula is C8H5BrIN3. The number of halogens is 2. The molecule has 2 N–H and O–H groups in total. The molecule has 13 heavy (non-hydrogen) atoms. The van der Waals surface area contributed by atoms with Crippen LogP contribution in [0.15, 0.2) is 22.7 Å². The van der Waals surface area contributed by atoms with E-state index in [9.17, 15) is 0 Å². The second kappa shape index (κ2) is 3.38. The van der Waals surface area contributed by atoms with Gasteiger partial charge in [-0.2, -0.15) is 0 Å².